The first-order chi connectivity index (χ1) is 12.6. The Balaban J connectivity index is 1.76. The van der Waals surface area contributed by atoms with Crippen molar-refractivity contribution < 1.29 is 9.59 Å². The Morgan fingerprint density at radius 2 is 1.54 bits per heavy atom. The molecule has 0 bridgehead atoms. The molecule has 0 saturated carbocycles. The van der Waals surface area contributed by atoms with Crippen molar-refractivity contribution in [3.05, 3.63) is 60.2 Å². The quantitative estimate of drug-likeness (QED) is 0.725. The maximum atomic E-state index is 12.3. The maximum absolute atomic E-state index is 12.3. The van der Waals surface area contributed by atoms with Crippen molar-refractivity contribution in [2.75, 3.05) is 30.3 Å². The number of anilines is 2. The van der Waals surface area contributed by atoms with Crippen LogP contribution in [-0.4, -0.2) is 36.3 Å². The lowest BCUT2D eigenvalue weighted by Crippen LogP contribution is -2.34. The van der Waals surface area contributed by atoms with Crippen LogP contribution in [0.25, 0.3) is 0 Å². The van der Waals surface area contributed by atoms with Crippen LogP contribution in [0.5, 0.6) is 0 Å². The third-order valence-electron chi connectivity index (χ3n) is 4.09. The van der Waals surface area contributed by atoms with Gasteiger partial charge in [-0.1, -0.05) is 37.3 Å². The minimum absolute atomic E-state index is 0.0289. The molecule has 0 unspecified atom stereocenters. The number of nitrogens with zero attached hydrogens (tertiary/aromatic N) is 1. The Bertz CT molecular complexity index is 699. The third-order valence-corrected chi connectivity index (χ3v) is 4.09. The highest BCUT2D eigenvalue weighted by molar-refractivity contribution is 5.93. The molecule has 2 aromatic rings. The number of carbonyl (C=O) groups excluding carboxylic acids is 2. The summed E-state index contributed by atoms with van der Waals surface area (Å²) in [6, 6.07) is 17.5. The van der Waals surface area contributed by atoms with Gasteiger partial charge < -0.3 is 10.6 Å². The third kappa shape index (κ3) is 7.07. The topological polar surface area (TPSA) is 61.4 Å². The van der Waals surface area contributed by atoms with E-state index in [-0.39, 0.29) is 11.8 Å². The molecule has 0 aliphatic rings. The number of hydrogen-bond donors (Lipinski definition) is 2. The zero-order valence-electron chi connectivity index (χ0n) is 15.5. The summed E-state index contributed by atoms with van der Waals surface area (Å²) in [5.41, 5.74) is 2.77. The van der Waals surface area contributed by atoms with Gasteiger partial charge in [0.15, 0.2) is 0 Å². The minimum Gasteiger partial charge on any atom is -0.326 e. The van der Waals surface area contributed by atoms with Crippen molar-refractivity contribution in [1.82, 2.24) is 4.90 Å². The van der Waals surface area contributed by atoms with Gasteiger partial charge in [-0.05, 0) is 55.8 Å². The summed E-state index contributed by atoms with van der Waals surface area (Å²) < 4.78 is 0. The Morgan fingerprint density at radius 3 is 2.12 bits per heavy atom. The number of benzene rings is 2. The normalized spacial score (nSPS) is 10.6. The SMILES string of the molecule is CCN(CCCc1ccccc1)CC(=O)Nc1ccc(NC(C)=O)cc1. The highest BCUT2D eigenvalue weighted by Crippen LogP contribution is 2.13. The molecule has 0 aromatic heterocycles. The van der Waals surface area contributed by atoms with Gasteiger partial charge in [0.1, 0.15) is 0 Å². The predicted molar refractivity (Wildman–Crippen MR) is 106 cm³/mol. The van der Waals surface area contributed by atoms with E-state index in [1.165, 1.54) is 12.5 Å². The number of hydrogen-bond acceptors (Lipinski definition) is 3. The fraction of sp³-hybridized carbons (Fsp3) is 0.333. The summed E-state index contributed by atoms with van der Waals surface area (Å²) in [5, 5.41) is 5.61. The van der Waals surface area contributed by atoms with Crippen LogP contribution in [0.3, 0.4) is 0 Å². The molecular formula is C21H27N3O2. The zero-order valence-corrected chi connectivity index (χ0v) is 15.5. The molecule has 138 valence electrons. The van der Waals surface area contributed by atoms with E-state index in [2.05, 4.69) is 46.7 Å². The number of rotatable bonds is 9. The van der Waals surface area contributed by atoms with Crippen molar-refractivity contribution in [2.24, 2.45) is 0 Å². The largest absolute Gasteiger partial charge is 0.326 e. The van der Waals surface area contributed by atoms with Gasteiger partial charge in [-0.15, -0.1) is 0 Å². The second-order valence-corrected chi connectivity index (χ2v) is 6.26. The van der Waals surface area contributed by atoms with E-state index in [1.54, 1.807) is 24.3 Å². The van der Waals surface area contributed by atoms with Crippen LogP contribution < -0.4 is 10.6 Å². The smallest absolute Gasteiger partial charge is 0.238 e. The Hall–Kier alpha value is -2.66. The summed E-state index contributed by atoms with van der Waals surface area (Å²) in [5.74, 6) is -0.144. The van der Waals surface area contributed by atoms with Crippen molar-refractivity contribution in [2.45, 2.75) is 26.7 Å². The molecule has 0 spiro atoms. The number of carbonyl (C=O) groups is 2. The van der Waals surface area contributed by atoms with Crippen molar-refractivity contribution in [3.63, 3.8) is 0 Å². The fourth-order valence-corrected chi connectivity index (χ4v) is 2.74. The lowest BCUT2D eigenvalue weighted by atomic mass is 10.1. The summed E-state index contributed by atoms with van der Waals surface area (Å²) in [6.07, 6.45) is 2.04. The Kier molecular flexibility index (Phi) is 7.83. The Morgan fingerprint density at radius 1 is 0.923 bits per heavy atom. The molecule has 26 heavy (non-hydrogen) atoms. The van der Waals surface area contributed by atoms with E-state index in [0.717, 1.165) is 31.6 Å². The molecule has 0 aliphatic carbocycles. The van der Waals surface area contributed by atoms with E-state index >= 15 is 0 Å². The van der Waals surface area contributed by atoms with Crippen LogP contribution in [0.2, 0.25) is 0 Å². The molecule has 0 radical (unpaired) electrons. The summed E-state index contributed by atoms with van der Waals surface area (Å²) in [7, 11) is 0. The van der Waals surface area contributed by atoms with Gasteiger partial charge in [0.05, 0.1) is 6.54 Å². The Labute approximate surface area is 155 Å². The number of likely N-dealkylation sites (N-methyl/N-ethyl adjacent to an activating group) is 1. The molecule has 0 fully saturated rings. The molecule has 0 heterocycles. The van der Waals surface area contributed by atoms with Gasteiger partial charge >= 0.3 is 0 Å². The first-order valence-corrected chi connectivity index (χ1v) is 9.00. The van der Waals surface area contributed by atoms with Gasteiger partial charge in [0.2, 0.25) is 11.8 Å². The van der Waals surface area contributed by atoms with Crippen LogP contribution in [-0.2, 0) is 16.0 Å². The highest BCUT2D eigenvalue weighted by atomic mass is 16.2. The van der Waals surface area contributed by atoms with Gasteiger partial charge in [-0.3, -0.25) is 14.5 Å². The van der Waals surface area contributed by atoms with Crippen molar-refractivity contribution in [3.8, 4) is 0 Å². The summed E-state index contributed by atoms with van der Waals surface area (Å²) in [4.78, 5) is 25.4. The molecule has 5 nitrogen and oxygen atoms in total. The van der Waals surface area contributed by atoms with Crippen LogP contribution in [0.1, 0.15) is 25.8 Å². The van der Waals surface area contributed by atoms with E-state index < -0.39 is 0 Å². The lowest BCUT2D eigenvalue weighted by Gasteiger charge is -2.19. The molecular weight excluding hydrogens is 326 g/mol. The average Bonchev–Trinajstić information content (AvgIpc) is 2.63. The molecule has 2 amide bonds. The molecule has 0 aliphatic heterocycles. The molecule has 2 aromatic carbocycles. The van der Waals surface area contributed by atoms with Gasteiger partial charge in [0.25, 0.3) is 0 Å². The predicted octanol–water partition coefficient (Wildman–Crippen LogP) is 3.54. The molecule has 0 atom stereocenters. The maximum Gasteiger partial charge on any atom is 0.238 e. The van der Waals surface area contributed by atoms with E-state index in [0.29, 0.717) is 12.2 Å². The first kappa shape index (κ1) is 19.7. The van der Waals surface area contributed by atoms with Gasteiger partial charge in [-0.2, -0.15) is 0 Å². The molecule has 2 rings (SSSR count). The van der Waals surface area contributed by atoms with Crippen molar-refractivity contribution >= 4 is 23.2 Å². The zero-order chi connectivity index (χ0) is 18.8. The summed E-state index contributed by atoms with van der Waals surface area (Å²) >= 11 is 0. The van der Waals surface area contributed by atoms with Crippen molar-refractivity contribution in [1.29, 1.82) is 0 Å². The van der Waals surface area contributed by atoms with Crippen LogP contribution >= 0.6 is 0 Å². The molecule has 5 heteroatoms. The van der Waals surface area contributed by atoms with E-state index in [9.17, 15) is 9.59 Å². The van der Waals surface area contributed by atoms with Gasteiger partial charge in [0, 0.05) is 18.3 Å². The number of aryl methyl sites for hydroxylation is 1. The average molecular weight is 353 g/mol. The summed E-state index contributed by atoms with van der Waals surface area (Å²) in [6.45, 7) is 5.63. The monoisotopic (exact) mass is 353 g/mol. The second kappa shape index (κ2) is 10.4. The van der Waals surface area contributed by atoms with Gasteiger partial charge in [-0.25, -0.2) is 0 Å². The fourth-order valence-electron chi connectivity index (χ4n) is 2.74. The second-order valence-electron chi connectivity index (χ2n) is 6.26. The first-order valence-electron chi connectivity index (χ1n) is 9.00. The van der Waals surface area contributed by atoms with Crippen LogP contribution in [0.15, 0.2) is 54.6 Å². The number of nitrogens with one attached hydrogen (secondary N) is 2. The van der Waals surface area contributed by atoms with Crippen LogP contribution in [0.4, 0.5) is 11.4 Å². The minimum atomic E-state index is -0.115. The standard InChI is InChI=1S/C21H27N3O2/c1-3-24(15-7-10-18-8-5-4-6-9-18)16-21(26)23-20-13-11-19(12-14-20)22-17(2)25/h4-6,8-9,11-14H,3,7,10,15-16H2,1-2H3,(H,22,25)(H,23,26). The molecule has 2 N–H and O–H groups in total. The number of amides is 2. The van der Waals surface area contributed by atoms with E-state index in [1.807, 2.05) is 6.07 Å². The van der Waals surface area contributed by atoms with E-state index in [4.69, 9.17) is 0 Å². The van der Waals surface area contributed by atoms with Crippen LogP contribution in [0, 0.1) is 0 Å². The highest BCUT2D eigenvalue weighted by Gasteiger charge is 2.09. The lowest BCUT2D eigenvalue weighted by molar-refractivity contribution is -0.117. The molecule has 0 saturated heterocycles.